The van der Waals surface area contributed by atoms with Gasteiger partial charge >= 0.3 is 0 Å². The first-order valence-corrected chi connectivity index (χ1v) is 8.26. The predicted octanol–water partition coefficient (Wildman–Crippen LogP) is 2.99. The van der Waals surface area contributed by atoms with Crippen molar-refractivity contribution in [1.29, 1.82) is 0 Å². The molecule has 0 unspecified atom stereocenters. The molecule has 0 aliphatic heterocycles. The molecule has 0 amide bonds. The monoisotopic (exact) mass is 319 g/mol. The van der Waals surface area contributed by atoms with Gasteiger partial charge in [0.05, 0.1) is 5.75 Å². The van der Waals surface area contributed by atoms with Crippen LogP contribution < -0.4 is 5.32 Å². The summed E-state index contributed by atoms with van der Waals surface area (Å²) in [6, 6.07) is 5.95. The van der Waals surface area contributed by atoms with Crippen LogP contribution >= 0.6 is 15.9 Å². The summed E-state index contributed by atoms with van der Waals surface area (Å²) in [5.41, 5.74) is 2.09. The zero-order valence-electron chi connectivity index (χ0n) is 10.2. The fraction of sp³-hybridized carbons (Fsp3) is 0.500. The Labute approximate surface area is 112 Å². The second-order valence-electron chi connectivity index (χ2n) is 4.10. The SMILES string of the molecule is CCCS(=O)(=O)CCNc1cc(C)cc(Br)c1. The molecule has 1 rings (SSSR count). The maximum absolute atomic E-state index is 11.5. The highest BCUT2D eigenvalue weighted by Crippen LogP contribution is 2.18. The largest absolute Gasteiger partial charge is 0.384 e. The first-order valence-electron chi connectivity index (χ1n) is 5.64. The molecule has 1 aromatic carbocycles. The molecule has 5 heteroatoms. The Morgan fingerprint density at radius 2 is 1.94 bits per heavy atom. The van der Waals surface area contributed by atoms with Crippen LogP contribution in [0.5, 0.6) is 0 Å². The molecular formula is C12H18BrNO2S. The molecule has 0 fully saturated rings. The van der Waals surface area contributed by atoms with Gasteiger partial charge in [-0.2, -0.15) is 0 Å². The van der Waals surface area contributed by atoms with Gasteiger partial charge in [0.2, 0.25) is 0 Å². The van der Waals surface area contributed by atoms with E-state index >= 15 is 0 Å². The molecule has 0 bridgehead atoms. The van der Waals surface area contributed by atoms with Crippen molar-refractivity contribution in [3.63, 3.8) is 0 Å². The van der Waals surface area contributed by atoms with E-state index < -0.39 is 9.84 Å². The van der Waals surface area contributed by atoms with E-state index in [9.17, 15) is 8.42 Å². The summed E-state index contributed by atoms with van der Waals surface area (Å²) in [5.74, 6) is 0.457. The molecule has 0 aromatic heterocycles. The zero-order valence-corrected chi connectivity index (χ0v) is 12.6. The van der Waals surface area contributed by atoms with Crippen molar-refractivity contribution >= 4 is 31.5 Å². The van der Waals surface area contributed by atoms with Crippen LogP contribution in [-0.4, -0.2) is 26.5 Å². The highest BCUT2D eigenvalue weighted by atomic mass is 79.9. The van der Waals surface area contributed by atoms with Gasteiger partial charge in [-0.05, 0) is 37.1 Å². The molecule has 0 heterocycles. The Balaban J connectivity index is 2.51. The van der Waals surface area contributed by atoms with Gasteiger partial charge in [-0.15, -0.1) is 0 Å². The second-order valence-corrected chi connectivity index (χ2v) is 7.32. The lowest BCUT2D eigenvalue weighted by Crippen LogP contribution is -2.18. The van der Waals surface area contributed by atoms with E-state index in [1.165, 1.54) is 0 Å². The van der Waals surface area contributed by atoms with Gasteiger partial charge in [-0.25, -0.2) is 8.42 Å². The number of hydrogen-bond donors (Lipinski definition) is 1. The first kappa shape index (κ1) is 14.5. The maximum atomic E-state index is 11.5. The third-order valence-corrected chi connectivity index (χ3v) is 4.61. The van der Waals surface area contributed by atoms with Gasteiger partial charge < -0.3 is 5.32 Å². The van der Waals surface area contributed by atoms with Crippen molar-refractivity contribution in [3.8, 4) is 0 Å². The lowest BCUT2D eigenvalue weighted by atomic mass is 10.2. The van der Waals surface area contributed by atoms with E-state index in [-0.39, 0.29) is 11.5 Å². The van der Waals surface area contributed by atoms with Crippen LogP contribution in [0.3, 0.4) is 0 Å². The van der Waals surface area contributed by atoms with E-state index in [0.29, 0.717) is 13.0 Å². The Kier molecular flexibility index (Phi) is 5.46. The van der Waals surface area contributed by atoms with Crippen LogP contribution in [0.25, 0.3) is 0 Å². The van der Waals surface area contributed by atoms with Crippen molar-refractivity contribution in [2.24, 2.45) is 0 Å². The second kappa shape index (κ2) is 6.40. The number of anilines is 1. The molecule has 96 valence electrons. The molecule has 3 nitrogen and oxygen atoms in total. The quantitative estimate of drug-likeness (QED) is 0.876. The summed E-state index contributed by atoms with van der Waals surface area (Å²) in [6.07, 6.45) is 0.679. The first-order chi connectivity index (χ1) is 7.93. The topological polar surface area (TPSA) is 46.2 Å². The Morgan fingerprint density at radius 1 is 1.24 bits per heavy atom. The molecule has 0 aliphatic rings. The number of benzene rings is 1. The molecular weight excluding hydrogens is 302 g/mol. The summed E-state index contributed by atoms with van der Waals surface area (Å²) in [5, 5.41) is 3.13. The maximum Gasteiger partial charge on any atom is 0.152 e. The van der Waals surface area contributed by atoms with Crippen molar-refractivity contribution in [2.75, 3.05) is 23.4 Å². The smallest absolute Gasteiger partial charge is 0.152 e. The number of aryl methyl sites for hydroxylation is 1. The minimum Gasteiger partial charge on any atom is -0.384 e. The average molecular weight is 320 g/mol. The standard InChI is InChI=1S/C12H18BrNO2S/c1-3-5-17(15,16)6-4-14-12-8-10(2)7-11(13)9-12/h7-9,14H,3-6H2,1-2H3. The minimum atomic E-state index is -2.90. The van der Waals surface area contributed by atoms with Crippen LogP contribution in [0.2, 0.25) is 0 Å². The summed E-state index contributed by atoms with van der Waals surface area (Å²) in [7, 11) is -2.90. The molecule has 17 heavy (non-hydrogen) atoms. The number of nitrogens with one attached hydrogen (secondary N) is 1. The minimum absolute atomic E-state index is 0.187. The highest BCUT2D eigenvalue weighted by molar-refractivity contribution is 9.10. The van der Waals surface area contributed by atoms with Crippen molar-refractivity contribution in [1.82, 2.24) is 0 Å². The zero-order chi connectivity index (χ0) is 12.9. The summed E-state index contributed by atoms with van der Waals surface area (Å²) in [6.45, 7) is 4.34. The van der Waals surface area contributed by atoms with Crippen LogP contribution in [0, 0.1) is 6.92 Å². The fourth-order valence-corrected chi connectivity index (χ4v) is 3.45. The third-order valence-electron chi connectivity index (χ3n) is 2.30. The van der Waals surface area contributed by atoms with Crippen LogP contribution in [0.4, 0.5) is 5.69 Å². The lowest BCUT2D eigenvalue weighted by Gasteiger charge is -2.08. The van der Waals surface area contributed by atoms with Crippen molar-refractivity contribution in [2.45, 2.75) is 20.3 Å². The van der Waals surface area contributed by atoms with Gasteiger partial charge in [0, 0.05) is 22.5 Å². The predicted molar refractivity (Wildman–Crippen MR) is 76.3 cm³/mol. The van der Waals surface area contributed by atoms with E-state index in [1.54, 1.807) is 0 Å². The summed E-state index contributed by atoms with van der Waals surface area (Å²) < 4.78 is 24.0. The van der Waals surface area contributed by atoms with Gasteiger partial charge in [-0.3, -0.25) is 0 Å². The van der Waals surface area contributed by atoms with Gasteiger partial charge in [0.25, 0.3) is 0 Å². The van der Waals surface area contributed by atoms with E-state index in [4.69, 9.17) is 0 Å². The highest BCUT2D eigenvalue weighted by Gasteiger charge is 2.08. The normalized spacial score (nSPS) is 11.5. The Morgan fingerprint density at radius 3 is 2.53 bits per heavy atom. The summed E-state index contributed by atoms with van der Waals surface area (Å²) in [4.78, 5) is 0. The Bertz CT molecular complexity index is 451. The lowest BCUT2D eigenvalue weighted by molar-refractivity contribution is 0.595. The van der Waals surface area contributed by atoms with Crippen molar-refractivity contribution in [3.05, 3.63) is 28.2 Å². The van der Waals surface area contributed by atoms with E-state index in [0.717, 1.165) is 15.7 Å². The molecule has 0 spiro atoms. The fourth-order valence-electron chi connectivity index (χ4n) is 1.60. The van der Waals surface area contributed by atoms with Gasteiger partial charge in [-0.1, -0.05) is 22.9 Å². The number of halogens is 1. The number of rotatable bonds is 6. The van der Waals surface area contributed by atoms with Gasteiger partial charge in [0.15, 0.2) is 9.84 Å². The average Bonchev–Trinajstić information content (AvgIpc) is 2.15. The third kappa shape index (κ3) is 5.55. The van der Waals surface area contributed by atoms with Crippen LogP contribution in [0.1, 0.15) is 18.9 Å². The molecule has 0 atom stereocenters. The number of sulfone groups is 1. The van der Waals surface area contributed by atoms with Crippen LogP contribution in [-0.2, 0) is 9.84 Å². The van der Waals surface area contributed by atoms with E-state index in [2.05, 4.69) is 21.2 Å². The molecule has 0 saturated carbocycles. The summed E-state index contributed by atoms with van der Waals surface area (Å²) >= 11 is 3.41. The molecule has 0 aliphatic carbocycles. The molecule has 0 radical (unpaired) electrons. The Hall–Kier alpha value is -0.550. The number of hydrogen-bond acceptors (Lipinski definition) is 3. The van der Waals surface area contributed by atoms with Gasteiger partial charge in [0.1, 0.15) is 0 Å². The van der Waals surface area contributed by atoms with E-state index in [1.807, 2.05) is 32.0 Å². The molecule has 0 saturated heterocycles. The molecule has 1 aromatic rings. The molecule has 1 N–H and O–H groups in total. The van der Waals surface area contributed by atoms with Crippen molar-refractivity contribution < 1.29 is 8.42 Å². The van der Waals surface area contributed by atoms with Crippen LogP contribution in [0.15, 0.2) is 22.7 Å².